The van der Waals surface area contributed by atoms with Gasteiger partial charge in [-0.05, 0) is 43.2 Å². The summed E-state index contributed by atoms with van der Waals surface area (Å²) < 4.78 is 32.2. The van der Waals surface area contributed by atoms with Crippen LogP contribution < -0.4 is 14.4 Å². The molecule has 0 aromatic heterocycles. The fraction of sp³-hybridized carbons (Fsp3) is 0.391. The van der Waals surface area contributed by atoms with Gasteiger partial charge in [0.2, 0.25) is 21.8 Å². The minimum Gasteiger partial charge on any atom is -0.497 e. The van der Waals surface area contributed by atoms with Crippen LogP contribution in [0.15, 0.2) is 53.0 Å². The highest BCUT2D eigenvalue weighted by Gasteiger charge is 2.30. The number of carbonyl (C=O) groups excluding carboxylic acids is 2. The summed E-state index contributed by atoms with van der Waals surface area (Å²) >= 11 is 3.39. The number of benzene rings is 2. The van der Waals surface area contributed by atoms with Crippen molar-refractivity contribution < 1.29 is 22.7 Å². The summed E-state index contributed by atoms with van der Waals surface area (Å²) in [5.41, 5.74) is 1.12. The van der Waals surface area contributed by atoms with Crippen LogP contribution in [0.5, 0.6) is 5.75 Å². The molecular weight excluding hydrogens is 510 g/mol. The average Bonchev–Trinajstić information content (AvgIpc) is 2.79. The standard InChI is InChI=1S/C23H30BrN3O5S/c1-5-13-25-23(29)17(2)26(15-18-9-11-19(24)12-10-18)22(28)16-27(33(4,30)31)20-7-6-8-21(14-20)32-3/h6-12,14,17H,5,13,15-16H2,1-4H3,(H,25,29)/t17-/m1/s1. The van der Waals surface area contributed by atoms with Gasteiger partial charge < -0.3 is 15.0 Å². The van der Waals surface area contributed by atoms with Crippen LogP contribution in [0, 0.1) is 0 Å². The minimum atomic E-state index is -3.79. The second kappa shape index (κ2) is 12.0. The van der Waals surface area contributed by atoms with Gasteiger partial charge in [-0.3, -0.25) is 13.9 Å². The molecule has 180 valence electrons. The highest BCUT2D eigenvalue weighted by atomic mass is 79.9. The molecule has 0 fully saturated rings. The van der Waals surface area contributed by atoms with Crippen molar-refractivity contribution >= 4 is 43.5 Å². The van der Waals surface area contributed by atoms with E-state index in [4.69, 9.17) is 4.74 Å². The minimum absolute atomic E-state index is 0.155. The summed E-state index contributed by atoms with van der Waals surface area (Å²) in [5, 5.41) is 2.80. The summed E-state index contributed by atoms with van der Waals surface area (Å²) in [6.45, 7) is 3.77. The lowest BCUT2D eigenvalue weighted by Gasteiger charge is -2.31. The van der Waals surface area contributed by atoms with Gasteiger partial charge in [-0.15, -0.1) is 0 Å². The fourth-order valence-corrected chi connectivity index (χ4v) is 4.25. The van der Waals surface area contributed by atoms with Crippen molar-refractivity contribution in [2.75, 3.05) is 30.8 Å². The summed E-state index contributed by atoms with van der Waals surface area (Å²) in [6, 6.07) is 13.1. The molecule has 2 amide bonds. The molecule has 0 unspecified atom stereocenters. The van der Waals surface area contributed by atoms with E-state index in [1.54, 1.807) is 31.2 Å². The summed E-state index contributed by atoms with van der Waals surface area (Å²) in [7, 11) is -2.31. The Labute approximate surface area is 204 Å². The van der Waals surface area contributed by atoms with E-state index in [0.29, 0.717) is 18.0 Å². The Morgan fingerprint density at radius 1 is 1.15 bits per heavy atom. The molecule has 0 radical (unpaired) electrons. The van der Waals surface area contributed by atoms with Gasteiger partial charge in [-0.2, -0.15) is 0 Å². The van der Waals surface area contributed by atoms with Gasteiger partial charge in [-0.25, -0.2) is 8.42 Å². The lowest BCUT2D eigenvalue weighted by atomic mass is 10.1. The molecule has 0 heterocycles. The molecule has 33 heavy (non-hydrogen) atoms. The molecule has 1 atom stereocenters. The Bertz CT molecular complexity index is 1060. The van der Waals surface area contributed by atoms with Crippen LogP contribution in [0.2, 0.25) is 0 Å². The third-order valence-corrected chi connectivity index (χ3v) is 6.67. The number of halogens is 1. The van der Waals surface area contributed by atoms with E-state index in [-0.39, 0.29) is 12.5 Å². The Balaban J connectivity index is 2.37. The van der Waals surface area contributed by atoms with Crippen molar-refractivity contribution in [2.45, 2.75) is 32.9 Å². The van der Waals surface area contributed by atoms with Crippen molar-refractivity contribution in [3.63, 3.8) is 0 Å². The highest BCUT2D eigenvalue weighted by Crippen LogP contribution is 2.24. The van der Waals surface area contributed by atoms with Crippen molar-refractivity contribution in [1.29, 1.82) is 0 Å². The van der Waals surface area contributed by atoms with Crippen LogP contribution in [0.4, 0.5) is 5.69 Å². The smallest absolute Gasteiger partial charge is 0.244 e. The lowest BCUT2D eigenvalue weighted by molar-refractivity contribution is -0.139. The molecule has 2 aromatic rings. The monoisotopic (exact) mass is 539 g/mol. The summed E-state index contributed by atoms with van der Waals surface area (Å²) in [5.74, 6) is -0.326. The zero-order valence-electron chi connectivity index (χ0n) is 19.2. The van der Waals surface area contributed by atoms with Crippen molar-refractivity contribution in [3.05, 3.63) is 58.6 Å². The molecule has 0 saturated carbocycles. The van der Waals surface area contributed by atoms with Crippen molar-refractivity contribution in [3.8, 4) is 5.75 Å². The Hall–Kier alpha value is -2.59. The molecule has 2 aromatic carbocycles. The third-order valence-electron chi connectivity index (χ3n) is 5.00. The number of nitrogens with zero attached hydrogens (tertiary/aromatic N) is 2. The van der Waals surface area contributed by atoms with Crippen molar-refractivity contribution in [1.82, 2.24) is 10.2 Å². The Morgan fingerprint density at radius 3 is 2.39 bits per heavy atom. The Kier molecular flexibility index (Phi) is 9.72. The van der Waals surface area contributed by atoms with E-state index in [2.05, 4.69) is 21.2 Å². The SMILES string of the molecule is CCCNC(=O)[C@@H](C)N(Cc1ccc(Br)cc1)C(=O)CN(c1cccc(OC)c1)S(C)(=O)=O. The van der Waals surface area contributed by atoms with Gasteiger partial charge in [0.25, 0.3) is 0 Å². The molecule has 0 aliphatic carbocycles. The van der Waals surface area contributed by atoms with Gasteiger partial charge in [0.1, 0.15) is 18.3 Å². The molecule has 10 heteroatoms. The molecule has 1 N–H and O–H groups in total. The number of sulfonamides is 1. The van der Waals surface area contributed by atoms with Crippen LogP contribution in [0.3, 0.4) is 0 Å². The topological polar surface area (TPSA) is 96.0 Å². The molecular formula is C23H30BrN3O5S. The number of amides is 2. The first-order valence-corrected chi connectivity index (χ1v) is 13.1. The molecule has 0 aliphatic heterocycles. The van der Waals surface area contributed by atoms with Crippen LogP contribution in [-0.2, 0) is 26.2 Å². The predicted octanol–water partition coefficient (Wildman–Crippen LogP) is 3.17. The van der Waals surface area contributed by atoms with Crippen LogP contribution in [0.25, 0.3) is 0 Å². The molecule has 0 aliphatic rings. The molecule has 0 saturated heterocycles. The first-order chi connectivity index (χ1) is 15.6. The normalized spacial score (nSPS) is 12.0. The van der Waals surface area contributed by atoms with Crippen molar-refractivity contribution in [2.24, 2.45) is 0 Å². The molecule has 8 nitrogen and oxygen atoms in total. The average molecular weight is 540 g/mol. The van der Waals surface area contributed by atoms with E-state index in [1.807, 2.05) is 31.2 Å². The number of rotatable bonds is 11. The maximum Gasteiger partial charge on any atom is 0.244 e. The number of methoxy groups -OCH3 is 1. The lowest BCUT2D eigenvalue weighted by Crippen LogP contribution is -2.51. The van der Waals surface area contributed by atoms with Gasteiger partial charge >= 0.3 is 0 Å². The number of hydrogen-bond donors (Lipinski definition) is 1. The van der Waals surface area contributed by atoms with Crippen LogP contribution in [0.1, 0.15) is 25.8 Å². The van der Waals surface area contributed by atoms with E-state index in [9.17, 15) is 18.0 Å². The van der Waals surface area contributed by atoms with Gasteiger partial charge in [0.15, 0.2) is 0 Å². The first-order valence-electron chi connectivity index (χ1n) is 10.5. The van der Waals surface area contributed by atoms with Gasteiger partial charge in [-0.1, -0.05) is 41.1 Å². The number of ether oxygens (including phenoxy) is 1. The second-order valence-electron chi connectivity index (χ2n) is 7.59. The largest absolute Gasteiger partial charge is 0.497 e. The number of carbonyl (C=O) groups is 2. The van der Waals surface area contributed by atoms with Gasteiger partial charge in [0, 0.05) is 23.6 Å². The molecule has 0 bridgehead atoms. The number of hydrogen-bond acceptors (Lipinski definition) is 5. The molecule has 2 rings (SSSR count). The maximum atomic E-state index is 13.4. The maximum absolute atomic E-state index is 13.4. The third kappa shape index (κ3) is 7.75. The van der Waals surface area contributed by atoms with Crippen LogP contribution >= 0.6 is 15.9 Å². The summed E-state index contributed by atoms with van der Waals surface area (Å²) in [4.78, 5) is 27.5. The second-order valence-corrected chi connectivity index (χ2v) is 10.4. The number of anilines is 1. The van der Waals surface area contributed by atoms with E-state index in [1.165, 1.54) is 12.0 Å². The zero-order chi connectivity index (χ0) is 24.6. The zero-order valence-corrected chi connectivity index (χ0v) is 21.6. The first kappa shape index (κ1) is 26.7. The predicted molar refractivity (Wildman–Crippen MR) is 133 cm³/mol. The number of nitrogens with one attached hydrogen (secondary N) is 1. The fourth-order valence-electron chi connectivity index (χ4n) is 3.14. The Morgan fingerprint density at radius 2 is 1.82 bits per heavy atom. The van der Waals surface area contributed by atoms with Crippen LogP contribution in [-0.4, -0.2) is 57.6 Å². The quantitative estimate of drug-likeness (QED) is 0.473. The summed E-state index contributed by atoms with van der Waals surface area (Å²) in [6.07, 6.45) is 1.80. The highest BCUT2D eigenvalue weighted by molar-refractivity contribution is 9.10. The van der Waals surface area contributed by atoms with E-state index >= 15 is 0 Å². The molecule has 0 spiro atoms. The van der Waals surface area contributed by atoms with Gasteiger partial charge in [0.05, 0.1) is 19.1 Å². The van der Waals surface area contributed by atoms with E-state index in [0.717, 1.165) is 27.0 Å². The van der Waals surface area contributed by atoms with E-state index < -0.39 is 28.5 Å².